The van der Waals surface area contributed by atoms with Crippen LogP contribution in [0.5, 0.6) is 0 Å². The fourth-order valence-electron chi connectivity index (χ4n) is 6.04. The van der Waals surface area contributed by atoms with Crippen molar-refractivity contribution in [1.29, 1.82) is 0 Å². The highest BCUT2D eigenvalue weighted by atomic mass is 32.2. The van der Waals surface area contributed by atoms with Crippen LogP contribution >= 0.6 is 0 Å². The third-order valence-corrected chi connectivity index (χ3v) is 9.16. The molecule has 45 heavy (non-hydrogen) atoms. The Balaban J connectivity index is 1.58. The molecule has 248 valence electrons. The number of hydrogen-bond donors (Lipinski definition) is 1. The van der Waals surface area contributed by atoms with Gasteiger partial charge in [0.1, 0.15) is 5.82 Å². The van der Waals surface area contributed by atoms with E-state index in [9.17, 15) is 48.7 Å². The number of likely N-dealkylation sites (tertiary alicyclic amines) is 1. The first-order valence-electron chi connectivity index (χ1n) is 14.1. The maximum atomic E-state index is 13.7. The number of urea groups is 1. The van der Waals surface area contributed by atoms with Gasteiger partial charge in [0, 0.05) is 50.7 Å². The number of rotatable bonds is 6. The summed E-state index contributed by atoms with van der Waals surface area (Å²) >= 11 is 0. The summed E-state index contributed by atoms with van der Waals surface area (Å²) in [7, 11) is -1.02. The monoisotopic (exact) mass is 666 g/mol. The van der Waals surface area contributed by atoms with E-state index in [4.69, 9.17) is 0 Å². The molecule has 0 aromatic heterocycles. The maximum absolute atomic E-state index is 13.7. The van der Waals surface area contributed by atoms with E-state index >= 15 is 0 Å². The third kappa shape index (κ3) is 8.26. The van der Waals surface area contributed by atoms with E-state index in [1.165, 1.54) is 36.2 Å². The highest BCUT2D eigenvalue weighted by molar-refractivity contribution is 7.88. The number of alkyl halides is 6. The smallest absolute Gasteiger partial charge is 0.340 e. The molecule has 0 spiro atoms. The van der Waals surface area contributed by atoms with E-state index in [-0.39, 0.29) is 31.1 Å². The summed E-state index contributed by atoms with van der Waals surface area (Å²) in [6.45, 7) is 0.134. The molecule has 1 saturated heterocycles. The Morgan fingerprint density at radius 3 is 1.89 bits per heavy atom. The average molecular weight is 667 g/mol. The van der Waals surface area contributed by atoms with Crippen molar-refractivity contribution in [2.75, 3.05) is 38.3 Å². The van der Waals surface area contributed by atoms with Gasteiger partial charge in [0.2, 0.25) is 15.9 Å². The standard InChI is InChI=1S/C29H33F7N4O4S/c1-38(23-13-19(28(31,32)33)12-20(14-23)29(34,35)36)27(42)39(2)25-16-40(15-24(25)17-4-8-21(30)9-5-17)26(41)18-6-10-22(11-7-18)37-45(3,43)44/h4-5,8-9,12-14,18,22,24-25,37H,6-7,10-11,15-16H2,1-3H3/t18?,22?,24-,25+/m0/s1. The molecule has 0 bridgehead atoms. The number of hydrogen-bond acceptors (Lipinski definition) is 4. The summed E-state index contributed by atoms with van der Waals surface area (Å²) in [5.41, 5.74) is -3.19. The van der Waals surface area contributed by atoms with Crippen molar-refractivity contribution in [1.82, 2.24) is 14.5 Å². The molecule has 16 heteroatoms. The van der Waals surface area contributed by atoms with Gasteiger partial charge < -0.3 is 9.80 Å². The molecule has 1 heterocycles. The Hall–Kier alpha value is -3.40. The van der Waals surface area contributed by atoms with Gasteiger partial charge in [0.15, 0.2) is 0 Å². The topological polar surface area (TPSA) is 90.0 Å². The van der Waals surface area contributed by atoms with Crippen LogP contribution in [0.2, 0.25) is 0 Å². The quantitative estimate of drug-likeness (QED) is 0.416. The Morgan fingerprint density at radius 1 is 0.867 bits per heavy atom. The van der Waals surface area contributed by atoms with Gasteiger partial charge in [-0.1, -0.05) is 12.1 Å². The Bertz CT molecular complexity index is 1480. The molecular weight excluding hydrogens is 633 g/mol. The van der Waals surface area contributed by atoms with Crippen molar-refractivity contribution in [2.24, 2.45) is 5.92 Å². The summed E-state index contributed by atoms with van der Waals surface area (Å²) in [4.78, 5) is 30.6. The van der Waals surface area contributed by atoms with Crippen LogP contribution in [0, 0.1) is 11.7 Å². The lowest BCUT2D eigenvalue weighted by Crippen LogP contribution is -2.48. The van der Waals surface area contributed by atoms with Gasteiger partial charge >= 0.3 is 18.4 Å². The molecule has 2 aliphatic rings. The molecule has 2 aromatic rings. The predicted octanol–water partition coefficient (Wildman–Crippen LogP) is 5.45. The minimum atomic E-state index is -5.11. The molecule has 0 unspecified atom stereocenters. The molecule has 2 atom stereocenters. The van der Waals surface area contributed by atoms with E-state index in [1.807, 2.05) is 0 Å². The second kappa shape index (κ2) is 12.8. The number of carbonyl (C=O) groups excluding carboxylic acids is 2. The van der Waals surface area contributed by atoms with Crippen LogP contribution in [0.3, 0.4) is 0 Å². The van der Waals surface area contributed by atoms with Crippen molar-refractivity contribution in [3.8, 4) is 0 Å². The number of amides is 3. The summed E-state index contributed by atoms with van der Waals surface area (Å²) in [6.07, 6.45) is -7.42. The van der Waals surface area contributed by atoms with Gasteiger partial charge in [0.25, 0.3) is 0 Å². The van der Waals surface area contributed by atoms with E-state index in [0.717, 1.165) is 13.3 Å². The zero-order chi connectivity index (χ0) is 33.5. The van der Waals surface area contributed by atoms with Crippen LogP contribution in [0.4, 0.5) is 41.2 Å². The van der Waals surface area contributed by atoms with Crippen LogP contribution in [0.15, 0.2) is 42.5 Å². The van der Waals surface area contributed by atoms with Gasteiger partial charge in [-0.25, -0.2) is 22.3 Å². The molecule has 2 aromatic carbocycles. The minimum Gasteiger partial charge on any atom is -0.340 e. The second-order valence-electron chi connectivity index (χ2n) is 11.6. The highest BCUT2D eigenvalue weighted by Crippen LogP contribution is 2.39. The number of nitrogens with one attached hydrogen (secondary N) is 1. The SMILES string of the molecule is CN(C(=O)N(C)[C@@H]1CN(C(=O)C2CCC(NS(C)(=O)=O)CC2)C[C@H]1c1ccc(F)cc1)c1cc(C(F)(F)F)cc(C(F)(F)F)c1. The number of benzene rings is 2. The largest absolute Gasteiger partial charge is 0.416 e. The van der Waals surface area contributed by atoms with Crippen LogP contribution in [-0.4, -0.2) is 75.7 Å². The Morgan fingerprint density at radius 2 is 1.40 bits per heavy atom. The van der Waals surface area contributed by atoms with E-state index in [2.05, 4.69) is 4.72 Å². The highest BCUT2D eigenvalue weighted by Gasteiger charge is 2.43. The number of likely N-dealkylation sites (N-methyl/N-ethyl adjacent to an activating group) is 1. The molecule has 4 rings (SSSR count). The molecule has 1 saturated carbocycles. The number of anilines is 1. The lowest BCUT2D eigenvalue weighted by molar-refractivity contribution is -0.143. The molecule has 1 N–H and O–H groups in total. The van der Waals surface area contributed by atoms with Gasteiger partial charge in [-0.15, -0.1) is 0 Å². The minimum absolute atomic E-state index is 0.00880. The van der Waals surface area contributed by atoms with Gasteiger partial charge in [-0.2, -0.15) is 26.3 Å². The van der Waals surface area contributed by atoms with Gasteiger partial charge in [-0.3, -0.25) is 9.69 Å². The summed E-state index contributed by atoms with van der Waals surface area (Å²) < 4.78 is 120. The van der Waals surface area contributed by atoms with Gasteiger partial charge in [-0.05, 0) is 61.6 Å². The van der Waals surface area contributed by atoms with Crippen LogP contribution in [0.25, 0.3) is 0 Å². The zero-order valence-corrected chi connectivity index (χ0v) is 25.4. The molecule has 8 nitrogen and oxygen atoms in total. The average Bonchev–Trinajstić information content (AvgIpc) is 3.40. The molecule has 0 radical (unpaired) electrons. The normalized spacial score (nSPS) is 22.8. The number of halogens is 7. The molecule has 3 amide bonds. The van der Waals surface area contributed by atoms with Crippen molar-refractivity contribution >= 4 is 27.6 Å². The molecular formula is C29H33F7N4O4S. The summed E-state index contributed by atoms with van der Waals surface area (Å²) in [6, 6.07) is 4.32. The van der Waals surface area contributed by atoms with Crippen molar-refractivity contribution in [3.05, 3.63) is 65.0 Å². The fraction of sp³-hybridized carbons (Fsp3) is 0.517. The predicted molar refractivity (Wildman–Crippen MR) is 151 cm³/mol. The first-order chi connectivity index (χ1) is 20.7. The second-order valence-corrected chi connectivity index (χ2v) is 13.4. The first kappa shape index (κ1) is 34.5. The Kier molecular flexibility index (Phi) is 9.79. The number of sulfonamides is 1. The number of nitrogens with zero attached hydrogens (tertiary/aromatic N) is 3. The lowest BCUT2D eigenvalue weighted by atomic mass is 9.85. The van der Waals surface area contributed by atoms with E-state index in [1.54, 1.807) is 4.90 Å². The first-order valence-corrected chi connectivity index (χ1v) is 16.0. The zero-order valence-electron chi connectivity index (χ0n) is 24.6. The third-order valence-electron chi connectivity index (χ3n) is 8.40. The van der Waals surface area contributed by atoms with Crippen LogP contribution in [-0.2, 0) is 27.2 Å². The van der Waals surface area contributed by atoms with Crippen molar-refractivity contribution < 1.29 is 48.7 Å². The maximum Gasteiger partial charge on any atom is 0.416 e. The molecule has 1 aliphatic carbocycles. The summed E-state index contributed by atoms with van der Waals surface area (Å²) in [5, 5.41) is 0. The van der Waals surface area contributed by atoms with E-state index in [0.29, 0.717) is 48.3 Å². The van der Waals surface area contributed by atoms with E-state index < -0.39 is 68.9 Å². The number of carbonyl (C=O) groups is 2. The molecule has 2 fully saturated rings. The van der Waals surface area contributed by atoms with Crippen molar-refractivity contribution in [2.45, 2.75) is 56.0 Å². The lowest BCUT2D eigenvalue weighted by Gasteiger charge is -2.33. The van der Waals surface area contributed by atoms with Crippen LogP contribution < -0.4 is 9.62 Å². The fourth-order valence-corrected chi connectivity index (χ4v) is 6.88. The Labute approximate surface area is 256 Å². The molecule has 1 aliphatic heterocycles. The summed E-state index contributed by atoms with van der Waals surface area (Å²) in [5.74, 6) is -1.70. The van der Waals surface area contributed by atoms with Crippen molar-refractivity contribution in [3.63, 3.8) is 0 Å². The van der Waals surface area contributed by atoms with Gasteiger partial charge in [0.05, 0.1) is 23.4 Å². The van der Waals surface area contributed by atoms with Crippen LogP contribution in [0.1, 0.15) is 48.3 Å².